The van der Waals surface area contributed by atoms with Crippen LogP contribution in [0.15, 0.2) is 59.8 Å². The molecule has 5 nitrogen and oxygen atoms in total. The summed E-state index contributed by atoms with van der Waals surface area (Å²) in [5.41, 5.74) is 0. The zero-order valence-corrected chi connectivity index (χ0v) is 10.7. The van der Waals surface area contributed by atoms with E-state index in [1.54, 1.807) is 24.4 Å². The second kappa shape index (κ2) is 4.40. The lowest BCUT2D eigenvalue weighted by Crippen LogP contribution is -2.14. The average molecular weight is 273 g/mol. The first-order valence-corrected chi connectivity index (χ1v) is 7.15. The third-order valence-electron chi connectivity index (χ3n) is 2.77. The lowest BCUT2D eigenvalue weighted by Gasteiger charge is -2.08. The first-order chi connectivity index (χ1) is 9.17. The number of hydrogen-bond acceptors (Lipinski definition) is 3. The zero-order valence-electron chi connectivity index (χ0n) is 9.87. The molecule has 1 heterocycles. The summed E-state index contributed by atoms with van der Waals surface area (Å²) in [5, 5.41) is 1.56. The number of hydrogen-bond donors (Lipinski definition) is 2. The smallest absolute Gasteiger partial charge is 0.264 e. The van der Waals surface area contributed by atoms with Crippen LogP contribution in [0.1, 0.15) is 0 Å². The molecular weight excluding hydrogens is 262 g/mol. The van der Waals surface area contributed by atoms with Crippen LogP contribution in [-0.2, 0) is 10.0 Å². The number of fused-ring (bicyclic) bond motifs is 1. The summed E-state index contributed by atoms with van der Waals surface area (Å²) in [7, 11) is -3.65. The number of H-pyrrole nitrogens is 1. The van der Waals surface area contributed by atoms with E-state index in [-0.39, 0.29) is 10.8 Å². The largest absolute Gasteiger partial charge is 0.330 e. The summed E-state index contributed by atoms with van der Waals surface area (Å²) >= 11 is 0. The Balaban J connectivity index is 2.13. The Kier molecular flexibility index (Phi) is 2.72. The molecule has 0 aliphatic rings. The van der Waals surface area contributed by atoms with Gasteiger partial charge in [0.2, 0.25) is 5.95 Å². The molecule has 19 heavy (non-hydrogen) atoms. The molecule has 0 saturated carbocycles. The fraction of sp³-hybridized carbons (Fsp3) is 0. The Labute approximate surface area is 110 Å². The molecule has 0 aliphatic heterocycles. The van der Waals surface area contributed by atoms with E-state index in [9.17, 15) is 8.42 Å². The number of aromatic nitrogens is 2. The van der Waals surface area contributed by atoms with Gasteiger partial charge in [0.15, 0.2) is 0 Å². The first-order valence-electron chi connectivity index (χ1n) is 5.67. The normalized spacial score (nSPS) is 11.6. The van der Waals surface area contributed by atoms with Crippen molar-refractivity contribution in [3.8, 4) is 0 Å². The number of nitrogens with zero attached hydrogens (tertiary/aromatic N) is 1. The van der Waals surface area contributed by atoms with Gasteiger partial charge in [0.1, 0.15) is 0 Å². The number of nitrogens with one attached hydrogen (secondary N) is 2. The summed E-state index contributed by atoms with van der Waals surface area (Å²) in [4.78, 5) is 6.81. The summed E-state index contributed by atoms with van der Waals surface area (Å²) in [6.07, 6.45) is 3.04. The van der Waals surface area contributed by atoms with Crippen molar-refractivity contribution >= 4 is 26.7 Å². The van der Waals surface area contributed by atoms with E-state index >= 15 is 0 Å². The van der Waals surface area contributed by atoms with Crippen LogP contribution in [0.3, 0.4) is 0 Å². The van der Waals surface area contributed by atoms with Gasteiger partial charge in [-0.1, -0.05) is 36.4 Å². The maximum absolute atomic E-state index is 12.3. The van der Waals surface area contributed by atoms with Crippen LogP contribution in [0.25, 0.3) is 10.8 Å². The third kappa shape index (κ3) is 2.17. The topological polar surface area (TPSA) is 74.8 Å². The third-order valence-corrected chi connectivity index (χ3v) is 4.17. The van der Waals surface area contributed by atoms with Crippen LogP contribution < -0.4 is 4.72 Å². The molecule has 96 valence electrons. The van der Waals surface area contributed by atoms with E-state index in [1.165, 1.54) is 6.20 Å². The summed E-state index contributed by atoms with van der Waals surface area (Å²) in [5.74, 6) is 0.202. The quantitative estimate of drug-likeness (QED) is 0.769. The highest BCUT2D eigenvalue weighted by molar-refractivity contribution is 7.93. The van der Waals surface area contributed by atoms with Gasteiger partial charge in [0.05, 0.1) is 4.90 Å². The van der Waals surface area contributed by atoms with Crippen LogP contribution in [0, 0.1) is 0 Å². The van der Waals surface area contributed by atoms with E-state index in [4.69, 9.17) is 0 Å². The van der Waals surface area contributed by atoms with Crippen LogP contribution in [-0.4, -0.2) is 18.4 Å². The number of aromatic amines is 1. The van der Waals surface area contributed by atoms with Crippen molar-refractivity contribution in [3.05, 3.63) is 54.9 Å². The Morgan fingerprint density at radius 2 is 1.84 bits per heavy atom. The molecule has 0 amide bonds. The lowest BCUT2D eigenvalue weighted by atomic mass is 10.1. The van der Waals surface area contributed by atoms with Gasteiger partial charge in [-0.3, -0.25) is 0 Å². The minimum absolute atomic E-state index is 0.202. The molecule has 0 saturated heterocycles. The molecule has 0 aliphatic carbocycles. The minimum Gasteiger partial charge on any atom is -0.330 e. The highest BCUT2D eigenvalue weighted by atomic mass is 32.2. The average Bonchev–Trinajstić information content (AvgIpc) is 2.90. The zero-order chi connectivity index (χ0) is 13.3. The van der Waals surface area contributed by atoms with Gasteiger partial charge in [-0.25, -0.2) is 18.1 Å². The van der Waals surface area contributed by atoms with E-state index in [0.29, 0.717) is 5.39 Å². The molecule has 2 aromatic carbocycles. The monoisotopic (exact) mass is 273 g/mol. The predicted molar refractivity (Wildman–Crippen MR) is 73.3 cm³/mol. The molecule has 0 atom stereocenters. The standard InChI is InChI=1S/C13H11N3O2S/c17-19(18,16-13-14-8-9-15-13)12-7-3-5-10-4-1-2-6-11(10)12/h1-9H,(H2,14,15,16). The number of anilines is 1. The summed E-state index contributed by atoms with van der Waals surface area (Å²) in [6, 6.07) is 12.5. The Morgan fingerprint density at radius 3 is 2.63 bits per heavy atom. The van der Waals surface area contributed by atoms with Crippen LogP contribution in [0.4, 0.5) is 5.95 Å². The van der Waals surface area contributed by atoms with Gasteiger partial charge < -0.3 is 4.98 Å². The first kappa shape index (κ1) is 11.7. The molecular formula is C13H11N3O2S. The van der Waals surface area contributed by atoms with Gasteiger partial charge in [-0.05, 0) is 11.5 Å². The number of rotatable bonds is 3. The molecule has 3 aromatic rings. The van der Waals surface area contributed by atoms with Gasteiger partial charge in [-0.15, -0.1) is 0 Å². The van der Waals surface area contributed by atoms with Crippen LogP contribution >= 0.6 is 0 Å². The fourth-order valence-electron chi connectivity index (χ4n) is 1.93. The van der Waals surface area contributed by atoms with Gasteiger partial charge in [0.25, 0.3) is 10.0 Å². The van der Waals surface area contributed by atoms with E-state index in [0.717, 1.165) is 5.39 Å². The number of benzene rings is 2. The molecule has 1 aromatic heterocycles. The number of sulfonamides is 1. The second-order valence-corrected chi connectivity index (χ2v) is 5.67. The van der Waals surface area contributed by atoms with E-state index in [2.05, 4.69) is 14.7 Å². The van der Waals surface area contributed by atoms with Crippen molar-refractivity contribution in [1.29, 1.82) is 0 Å². The molecule has 0 spiro atoms. The Bertz CT molecular complexity index is 806. The highest BCUT2D eigenvalue weighted by Crippen LogP contribution is 2.23. The van der Waals surface area contributed by atoms with Crippen molar-refractivity contribution < 1.29 is 8.42 Å². The lowest BCUT2D eigenvalue weighted by molar-refractivity contribution is 0.601. The van der Waals surface area contributed by atoms with Crippen molar-refractivity contribution in [1.82, 2.24) is 9.97 Å². The molecule has 3 rings (SSSR count). The molecule has 2 N–H and O–H groups in total. The SMILES string of the molecule is O=S(=O)(Nc1ncc[nH]1)c1cccc2ccccc12. The maximum Gasteiger partial charge on any atom is 0.264 e. The molecule has 6 heteroatoms. The predicted octanol–water partition coefficient (Wildman–Crippen LogP) is 2.36. The van der Waals surface area contributed by atoms with E-state index in [1.807, 2.05) is 24.3 Å². The van der Waals surface area contributed by atoms with Gasteiger partial charge >= 0.3 is 0 Å². The Hall–Kier alpha value is -2.34. The van der Waals surface area contributed by atoms with E-state index < -0.39 is 10.0 Å². The Morgan fingerprint density at radius 1 is 1.05 bits per heavy atom. The van der Waals surface area contributed by atoms with Crippen molar-refractivity contribution in [3.63, 3.8) is 0 Å². The van der Waals surface area contributed by atoms with Crippen molar-refractivity contribution in [2.24, 2.45) is 0 Å². The number of imidazole rings is 1. The fourth-order valence-corrected chi connectivity index (χ4v) is 3.14. The maximum atomic E-state index is 12.3. The summed E-state index contributed by atoms with van der Waals surface area (Å²) in [6.45, 7) is 0. The van der Waals surface area contributed by atoms with Crippen LogP contribution in [0.5, 0.6) is 0 Å². The molecule has 0 fully saturated rings. The molecule has 0 unspecified atom stereocenters. The minimum atomic E-state index is -3.65. The molecule has 0 radical (unpaired) electrons. The van der Waals surface area contributed by atoms with Gasteiger partial charge in [0, 0.05) is 17.8 Å². The molecule has 0 bridgehead atoms. The second-order valence-electron chi connectivity index (χ2n) is 4.02. The van der Waals surface area contributed by atoms with Crippen molar-refractivity contribution in [2.75, 3.05) is 4.72 Å². The summed E-state index contributed by atoms with van der Waals surface area (Å²) < 4.78 is 27.1. The van der Waals surface area contributed by atoms with Gasteiger partial charge in [-0.2, -0.15) is 0 Å². The highest BCUT2D eigenvalue weighted by Gasteiger charge is 2.17. The van der Waals surface area contributed by atoms with Crippen molar-refractivity contribution in [2.45, 2.75) is 4.90 Å². The van der Waals surface area contributed by atoms with Crippen LogP contribution in [0.2, 0.25) is 0 Å².